The van der Waals surface area contributed by atoms with Crippen LogP contribution in [-0.2, 0) is 4.74 Å². The van der Waals surface area contributed by atoms with E-state index in [1.165, 1.54) is 0 Å². The number of rotatable bonds is 1. The lowest BCUT2D eigenvalue weighted by molar-refractivity contribution is -0.197. The minimum absolute atomic E-state index is 0.0983. The lowest BCUT2D eigenvalue weighted by Crippen LogP contribution is -2.54. The van der Waals surface area contributed by atoms with E-state index >= 15 is 0 Å². The summed E-state index contributed by atoms with van der Waals surface area (Å²) in [5.41, 5.74) is 0. The van der Waals surface area contributed by atoms with Gasteiger partial charge in [0.2, 0.25) is 0 Å². The SMILES string of the molecule is CC(C)[C@@H]1OC[C@@H](O)C(O)C1O. The van der Waals surface area contributed by atoms with Crippen LogP contribution in [-0.4, -0.2) is 46.3 Å². The minimum Gasteiger partial charge on any atom is -0.388 e. The van der Waals surface area contributed by atoms with E-state index in [2.05, 4.69) is 0 Å². The molecule has 1 heterocycles. The fourth-order valence-corrected chi connectivity index (χ4v) is 1.42. The fourth-order valence-electron chi connectivity index (χ4n) is 1.42. The molecule has 72 valence electrons. The van der Waals surface area contributed by atoms with E-state index in [-0.39, 0.29) is 18.6 Å². The molecule has 1 saturated heterocycles. The summed E-state index contributed by atoms with van der Waals surface area (Å²) in [5, 5.41) is 27.8. The molecule has 1 fully saturated rings. The van der Waals surface area contributed by atoms with E-state index in [0.29, 0.717) is 0 Å². The predicted molar refractivity (Wildman–Crippen MR) is 42.6 cm³/mol. The van der Waals surface area contributed by atoms with Gasteiger partial charge in [0.1, 0.15) is 18.3 Å². The van der Waals surface area contributed by atoms with Gasteiger partial charge in [0, 0.05) is 0 Å². The molecular formula is C8H16O4. The zero-order chi connectivity index (χ0) is 9.30. The van der Waals surface area contributed by atoms with Crippen molar-refractivity contribution < 1.29 is 20.1 Å². The van der Waals surface area contributed by atoms with Crippen LogP contribution in [0.1, 0.15) is 13.8 Å². The summed E-state index contributed by atoms with van der Waals surface area (Å²) in [6.07, 6.45) is -3.39. The van der Waals surface area contributed by atoms with Crippen LogP contribution in [0.5, 0.6) is 0 Å². The molecule has 0 amide bonds. The van der Waals surface area contributed by atoms with Crippen LogP contribution in [0.2, 0.25) is 0 Å². The van der Waals surface area contributed by atoms with Gasteiger partial charge in [0.25, 0.3) is 0 Å². The first-order chi connectivity index (χ1) is 5.54. The molecule has 0 bridgehead atoms. The van der Waals surface area contributed by atoms with Crippen molar-refractivity contribution in [2.24, 2.45) is 5.92 Å². The Bertz CT molecular complexity index is 148. The molecule has 3 N–H and O–H groups in total. The van der Waals surface area contributed by atoms with Gasteiger partial charge >= 0.3 is 0 Å². The van der Waals surface area contributed by atoms with Gasteiger partial charge in [0.05, 0.1) is 12.7 Å². The van der Waals surface area contributed by atoms with Crippen molar-refractivity contribution in [1.82, 2.24) is 0 Å². The summed E-state index contributed by atoms with van der Waals surface area (Å²) in [6.45, 7) is 3.90. The Hall–Kier alpha value is -0.160. The Morgan fingerprint density at radius 1 is 1.17 bits per heavy atom. The molecule has 4 nitrogen and oxygen atoms in total. The first-order valence-electron chi connectivity index (χ1n) is 4.20. The predicted octanol–water partition coefficient (Wildman–Crippen LogP) is -0.876. The molecule has 1 rings (SSSR count). The largest absolute Gasteiger partial charge is 0.388 e. The summed E-state index contributed by atoms with van der Waals surface area (Å²) in [5.74, 6) is 0.141. The summed E-state index contributed by atoms with van der Waals surface area (Å²) in [7, 11) is 0. The van der Waals surface area contributed by atoms with Crippen LogP contribution in [0, 0.1) is 5.92 Å². The minimum atomic E-state index is -1.08. The molecule has 0 aromatic heterocycles. The number of hydrogen-bond acceptors (Lipinski definition) is 4. The molecule has 0 spiro atoms. The maximum Gasteiger partial charge on any atom is 0.111 e. The third-order valence-corrected chi connectivity index (χ3v) is 2.20. The van der Waals surface area contributed by atoms with Crippen molar-refractivity contribution >= 4 is 0 Å². The average molecular weight is 176 g/mol. The Morgan fingerprint density at radius 2 is 1.75 bits per heavy atom. The highest BCUT2D eigenvalue weighted by molar-refractivity contribution is 4.87. The molecule has 0 saturated carbocycles. The van der Waals surface area contributed by atoms with Crippen molar-refractivity contribution in [2.75, 3.05) is 6.61 Å². The normalized spacial score (nSPS) is 43.5. The lowest BCUT2D eigenvalue weighted by atomic mass is 9.93. The summed E-state index contributed by atoms with van der Waals surface area (Å²) < 4.78 is 5.17. The standard InChI is InChI=1S/C8H16O4/c1-4(2)8-7(11)6(10)5(9)3-12-8/h4-11H,3H2,1-2H3/t5-,6?,7?,8+/m1/s1. The van der Waals surface area contributed by atoms with Gasteiger partial charge in [-0.1, -0.05) is 13.8 Å². The molecule has 1 aliphatic rings. The third-order valence-electron chi connectivity index (χ3n) is 2.20. The second-order valence-corrected chi connectivity index (χ2v) is 3.59. The zero-order valence-electron chi connectivity index (χ0n) is 7.34. The first kappa shape index (κ1) is 9.92. The number of aliphatic hydroxyl groups is 3. The first-order valence-corrected chi connectivity index (χ1v) is 4.20. The van der Waals surface area contributed by atoms with Crippen molar-refractivity contribution in [3.8, 4) is 0 Å². The molecule has 12 heavy (non-hydrogen) atoms. The molecular weight excluding hydrogens is 160 g/mol. The van der Waals surface area contributed by atoms with Gasteiger partial charge in [-0.2, -0.15) is 0 Å². The second-order valence-electron chi connectivity index (χ2n) is 3.59. The summed E-state index contributed by atoms with van der Waals surface area (Å²) in [4.78, 5) is 0. The van der Waals surface area contributed by atoms with Crippen LogP contribution in [0.15, 0.2) is 0 Å². The smallest absolute Gasteiger partial charge is 0.111 e. The van der Waals surface area contributed by atoms with Crippen molar-refractivity contribution in [3.63, 3.8) is 0 Å². The number of hydrogen-bond donors (Lipinski definition) is 3. The second kappa shape index (κ2) is 3.70. The lowest BCUT2D eigenvalue weighted by Gasteiger charge is -2.37. The van der Waals surface area contributed by atoms with Gasteiger partial charge in [-0.25, -0.2) is 0 Å². The molecule has 0 aliphatic carbocycles. The van der Waals surface area contributed by atoms with Gasteiger partial charge in [0.15, 0.2) is 0 Å². The highest BCUT2D eigenvalue weighted by Gasteiger charge is 2.38. The van der Waals surface area contributed by atoms with Crippen LogP contribution < -0.4 is 0 Å². The van der Waals surface area contributed by atoms with E-state index in [1.54, 1.807) is 0 Å². The molecule has 1 aliphatic heterocycles. The molecule has 0 aromatic carbocycles. The Labute approximate surface area is 71.8 Å². The maximum absolute atomic E-state index is 9.44. The molecule has 4 atom stereocenters. The van der Waals surface area contributed by atoms with Crippen molar-refractivity contribution in [1.29, 1.82) is 0 Å². The van der Waals surface area contributed by atoms with E-state index < -0.39 is 18.3 Å². The van der Waals surface area contributed by atoms with E-state index in [4.69, 9.17) is 9.84 Å². The van der Waals surface area contributed by atoms with Gasteiger partial charge in [-0.05, 0) is 5.92 Å². The topological polar surface area (TPSA) is 69.9 Å². The van der Waals surface area contributed by atoms with Crippen LogP contribution >= 0.6 is 0 Å². The molecule has 0 aromatic rings. The zero-order valence-corrected chi connectivity index (χ0v) is 7.34. The summed E-state index contributed by atoms with van der Waals surface area (Å²) >= 11 is 0. The van der Waals surface area contributed by atoms with Crippen molar-refractivity contribution in [2.45, 2.75) is 38.3 Å². The molecule has 0 radical (unpaired) electrons. The van der Waals surface area contributed by atoms with Crippen molar-refractivity contribution in [3.05, 3.63) is 0 Å². The third kappa shape index (κ3) is 1.77. The van der Waals surface area contributed by atoms with Crippen LogP contribution in [0.4, 0.5) is 0 Å². The Balaban J connectivity index is 2.58. The van der Waals surface area contributed by atoms with E-state index in [9.17, 15) is 10.2 Å². The van der Waals surface area contributed by atoms with Gasteiger partial charge in [-0.15, -0.1) is 0 Å². The van der Waals surface area contributed by atoms with E-state index in [0.717, 1.165) is 0 Å². The quantitative estimate of drug-likeness (QED) is 0.485. The van der Waals surface area contributed by atoms with Crippen LogP contribution in [0.3, 0.4) is 0 Å². The van der Waals surface area contributed by atoms with Crippen LogP contribution in [0.25, 0.3) is 0 Å². The molecule has 4 heteroatoms. The van der Waals surface area contributed by atoms with Gasteiger partial charge in [-0.3, -0.25) is 0 Å². The van der Waals surface area contributed by atoms with E-state index in [1.807, 2.05) is 13.8 Å². The summed E-state index contributed by atoms with van der Waals surface area (Å²) in [6, 6.07) is 0. The van der Waals surface area contributed by atoms with Gasteiger partial charge < -0.3 is 20.1 Å². The Morgan fingerprint density at radius 3 is 2.25 bits per heavy atom. The Kier molecular flexibility index (Phi) is 3.06. The molecule has 2 unspecified atom stereocenters. The number of aliphatic hydroxyl groups excluding tert-OH is 3. The maximum atomic E-state index is 9.44. The highest BCUT2D eigenvalue weighted by Crippen LogP contribution is 2.20. The monoisotopic (exact) mass is 176 g/mol. The fraction of sp³-hybridized carbons (Fsp3) is 1.00. The average Bonchev–Trinajstić information content (AvgIpc) is 2.00. The number of ether oxygens (including phenoxy) is 1. The highest BCUT2D eigenvalue weighted by atomic mass is 16.5.